The molecule has 2 aromatic heterocycles. The second-order valence-corrected chi connectivity index (χ2v) is 10.9. The average molecular weight is 464 g/mol. The highest BCUT2D eigenvalue weighted by atomic mass is 32.2. The van der Waals surface area contributed by atoms with Gasteiger partial charge in [0.05, 0.1) is 27.3 Å². The topological polar surface area (TPSA) is 63.5 Å². The summed E-state index contributed by atoms with van der Waals surface area (Å²) in [7, 11) is 4.06. The highest BCUT2D eigenvalue weighted by Gasteiger charge is 2.44. The number of nitrogens with zero attached hydrogens (tertiary/aromatic N) is 5. The molecule has 1 amide bonds. The van der Waals surface area contributed by atoms with Crippen LogP contribution < -0.4 is 0 Å². The predicted molar refractivity (Wildman–Crippen MR) is 130 cm³/mol. The zero-order valence-corrected chi connectivity index (χ0v) is 19.9. The molecule has 3 heterocycles. The lowest BCUT2D eigenvalue weighted by atomic mass is 9.93. The van der Waals surface area contributed by atoms with Gasteiger partial charge < -0.3 is 4.90 Å². The Morgan fingerprint density at radius 3 is 2.50 bits per heavy atom. The Bertz CT molecular complexity index is 1190. The number of benzene rings is 1. The van der Waals surface area contributed by atoms with Gasteiger partial charge >= 0.3 is 0 Å². The quantitative estimate of drug-likeness (QED) is 0.523. The minimum absolute atomic E-state index is 0.0390. The van der Waals surface area contributed by atoms with E-state index in [2.05, 4.69) is 43.9 Å². The summed E-state index contributed by atoms with van der Waals surface area (Å²) >= 11 is 3.31. The van der Waals surface area contributed by atoms with Crippen molar-refractivity contribution in [2.45, 2.75) is 18.3 Å². The molecule has 3 aromatic rings. The van der Waals surface area contributed by atoms with E-state index in [1.807, 2.05) is 30.4 Å². The van der Waals surface area contributed by atoms with E-state index in [0.29, 0.717) is 18.7 Å². The van der Waals surface area contributed by atoms with Gasteiger partial charge in [-0.2, -0.15) is 5.26 Å². The summed E-state index contributed by atoms with van der Waals surface area (Å²) in [5.41, 5.74) is 4.28. The maximum Gasteiger partial charge on any atom is 0.256 e. The van der Waals surface area contributed by atoms with Crippen LogP contribution >= 0.6 is 23.5 Å². The molecule has 1 aliphatic heterocycles. The molecule has 0 radical (unpaired) electrons. The van der Waals surface area contributed by atoms with Crippen LogP contribution in [0.2, 0.25) is 0 Å². The first-order chi connectivity index (χ1) is 15.5. The number of rotatable bonds is 5. The van der Waals surface area contributed by atoms with Gasteiger partial charge in [0.2, 0.25) is 0 Å². The van der Waals surface area contributed by atoms with Crippen LogP contribution in [0.25, 0.3) is 21.3 Å². The molecule has 8 heteroatoms. The summed E-state index contributed by atoms with van der Waals surface area (Å²) in [6, 6.07) is 12.7. The van der Waals surface area contributed by atoms with Crippen molar-refractivity contribution in [1.82, 2.24) is 18.5 Å². The number of nitriles is 1. The standard InChI is InChI=1S/C24H25N5OS2/c1-27(2)32-29-12-10-28(11-13-29)23(30)19-15-26-20-7-14-31-22(20)21(19)17-3-5-18(6-4-17)24(16-25)8-9-24/h3-7,14-15H,8-13H2,1-2H3. The summed E-state index contributed by atoms with van der Waals surface area (Å²) in [6.07, 6.45) is 3.59. The van der Waals surface area contributed by atoms with Crippen LogP contribution in [0.5, 0.6) is 0 Å². The molecule has 0 N–H and O–H groups in total. The Hall–Kier alpha value is -2.44. The zero-order valence-electron chi connectivity index (χ0n) is 18.2. The third kappa shape index (κ3) is 3.90. The van der Waals surface area contributed by atoms with Crippen LogP contribution in [0, 0.1) is 11.3 Å². The Labute approximate surface area is 196 Å². The summed E-state index contributed by atoms with van der Waals surface area (Å²) in [4.78, 5) is 20.1. The number of piperazine rings is 1. The molecule has 1 aromatic carbocycles. The molecule has 32 heavy (non-hydrogen) atoms. The second kappa shape index (κ2) is 8.49. The van der Waals surface area contributed by atoms with Gasteiger partial charge in [-0.3, -0.25) is 9.78 Å². The van der Waals surface area contributed by atoms with Crippen LogP contribution in [0.4, 0.5) is 0 Å². The van der Waals surface area contributed by atoms with Crippen LogP contribution in [-0.4, -0.2) is 64.7 Å². The first-order valence-corrected chi connectivity index (χ1v) is 12.4. The number of hydrogen-bond donors (Lipinski definition) is 0. The van der Waals surface area contributed by atoms with Crippen molar-refractivity contribution in [3.63, 3.8) is 0 Å². The second-order valence-electron chi connectivity index (χ2n) is 8.57. The van der Waals surface area contributed by atoms with E-state index >= 15 is 0 Å². The molecular weight excluding hydrogens is 438 g/mol. The SMILES string of the molecule is CN(C)SN1CCN(C(=O)c2cnc3ccsc3c2-c2ccc(C3(C#N)CC3)cc2)CC1. The first-order valence-electron chi connectivity index (χ1n) is 10.8. The fraction of sp³-hybridized carbons (Fsp3) is 0.375. The molecule has 0 unspecified atom stereocenters. The van der Waals surface area contributed by atoms with E-state index in [4.69, 9.17) is 0 Å². The molecule has 6 nitrogen and oxygen atoms in total. The highest BCUT2D eigenvalue weighted by molar-refractivity contribution is 7.94. The van der Waals surface area contributed by atoms with Crippen molar-refractivity contribution in [1.29, 1.82) is 5.26 Å². The summed E-state index contributed by atoms with van der Waals surface area (Å²) in [5.74, 6) is 0.0390. The number of thiophene rings is 1. The van der Waals surface area contributed by atoms with Crippen LogP contribution in [0.15, 0.2) is 41.9 Å². The van der Waals surface area contributed by atoms with E-state index in [1.54, 1.807) is 29.7 Å². The average Bonchev–Trinajstić information content (AvgIpc) is 3.47. The molecule has 164 valence electrons. The molecule has 1 saturated carbocycles. The van der Waals surface area contributed by atoms with E-state index in [9.17, 15) is 10.1 Å². The van der Waals surface area contributed by atoms with E-state index in [1.165, 1.54) is 0 Å². The van der Waals surface area contributed by atoms with Gasteiger partial charge in [-0.05, 0) is 49.5 Å². The smallest absolute Gasteiger partial charge is 0.256 e. The van der Waals surface area contributed by atoms with Crippen molar-refractivity contribution < 1.29 is 4.79 Å². The lowest BCUT2D eigenvalue weighted by molar-refractivity contribution is 0.0703. The monoisotopic (exact) mass is 463 g/mol. The van der Waals surface area contributed by atoms with Gasteiger partial charge in [0.15, 0.2) is 0 Å². The minimum Gasteiger partial charge on any atom is -0.336 e. The lowest BCUT2D eigenvalue weighted by Crippen LogP contribution is -2.47. The highest BCUT2D eigenvalue weighted by Crippen LogP contribution is 2.48. The summed E-state index contributed by atoms with van der Waals surface area (Å²) < 4.78 is 5.39. The number of aromatic nitrogens is 1. The first kappa shape index (κ1) is 21.4. The van der Waals surface area contributed by atoms with Crippen molar-refractivity contribution in [2.75, 3.05) is 40.3 Å². The van der Waals surface area contributed by atoms with Gasteiger partial charge in [-0.1, -0.05) is 24.3 Å². The van der Waals surface area contributed by atoms with Gasteiger partial charge in [-0.25, -0.2) is 8.61 Å². The van der Waals surface area contributed by atoms with Gasteiger partial charge in [0, 0.05) is 50.1 Å². The molecule has 2 fully saturated rings. The number of carbonyl (C=O) groups is 1. The van der Waals surface area contributed by atoms with E-state index in [0.717, 1.165) is 52.8 Å². The van der Waals surface area contributed by atoms with E-state index < -0.39 is 0 Å². The predicted octanol–water partition coefficient (Wildman–Crippen LogP) is 4.40. The third-order valence-electron chi connectivity index (χ3n) is 6.20. The number of fused-ring (bicyclic) bond motifs is 1. The third-order valence-corrected chi connectivity index (χ3v) is 8.04. The molecule has 5 rings (SSSR count). The number of pyridine rings is 1. The maximum absolute atomic E-state index is 13.6. The van der Waals surface area contributed by atoms with Crippen LogP contribution in [0.3, 0.4) is 0 Å². The molecule has 1 aliphatic carbocycles. The van der Waals surface area contributed by atoms with Crippen LogP contribution in [-0.2, 0) is 5.41 Å². The van der Waals surface area contributed by atoms with Crippen molar-refractivity contribution >= 4 is 39.6 Å². The van der Waals surface area contributed by atoms with Gasteiger partial charge in [0.1, 0.15) is 0 Å². The Morgan fingerprint density at radius 1 is 1.16 bits per heavy atom. The van der Waals surface area contributed by atoms with E-state index in [-0.39, 0.29) is 11.3 Å². The fourth-order valence-electron chi connectivity index (χ4n) is 4.28. The molecular formula is C24H25N5OS2. The molecule has 0 bridgehead atoms. The van der Waals surface area contributed by atoms with Crippen LogP contribution in [0.1, 0.15) is 28.8 Å². The molecule has 1 saturated heterocycles. The maximum atomic E-state index is 13.6. The Kier molecular flexibility index (Phi) is 5.68. The van der Waals surface area contributed by atoms with Crippen molar-refractivity contribution in [3.05, 3.63) is 53.0 Å². The Morgan fingerprint density at radius 2 is 1.88 bits per heavy atom. The van der Waals surface area contributed by atoms with Gasteiger partial charge in [-0.15, -0.1) is 11.3 Å². The molecule has 0 atom stereocenters. The minimum atomic E-state index is -0.308. The Balaban J connectivity index is 1.47. The number of amides is 1. The summed E-state index contributed by atoms with van der Waals surface area (Å²) in [5, 5.41) is 11.5. The lowest BCUT2D eigenvalue weighted by Gasteiger charge is -2.35. The van der Waals surface area contributed by atoms with Crippen molar-refractivity contribution in [3.8, 4) is 17.2 Å². The summed E-state index contributed by atoms with van der Waals surface area (Å²) in [6.45, 7) is 3.07. The zero-order chi connectivity index (χ0) is 22.3. The fourth-order valence-corrected chi connectivity index (χ4v) is 5.99. The van der Waals surface area contributed by atoms with Crippen molar-refractivity contribution in [2.24, 2.45) is 0 Å². The normalized spacial score (nSPS) is 18.1. The number of carbonyl (C=O) groups excluding carboxylic acids is 1. The molecule has 2 aliphatic rings. The number of hydrogen-bond acceptors (Lipinski definition) is 7. The van der Waals surface area contributed by atoms with Gasteiger partial charge in [0.25, 0.3) is 5.91 Å². The largest absolute Gasteiger partial charge is 0.336 e. The molecule has 0 spiro atoms.